The van der Waals surface area contributed by atoms with Crippen LogP contribution in [-0.2, 0) is 38.0 Å². The number of carbonyl (C=O) groups is 1. The van der Waals surface area contributed by atoms with Gasteiger partial charge >= 0.3 is 0 Å². The van der Waals surface area contributed by atoms with Crippen molar-refractivity contribution < 1.29 is 104 Å². The fourth-order valence-electron chi connectivity index (χ4n) is 5.94. The first-order chi connectivity index (χ1) is 22.7. The maximum Gasteiger partial charge on any atom is 0.217 e. The van der Waals surface area contributed by atoms with E-state index < -0.39 is 155 Å². The molecule has 0 aromatic carbocycles. The molecule has 0 aliphatic carbocycles. The standard InChI is InChI=1S/C26H45NO21/c1-6(32)27-11-21(13(34)8(3-29)42-23(11)41)47-25-18(39)16(37)20(10(5-31)45-25)46-26-19(40)22(14(35)9(4-30)44-26)48-24-17(38)15(36)12(33)7(2-28)43-24/h7-26,28-31,33-41H,2-5H2,1H3,(H,27,32)/t7-,8-,9-,10-,11-,12+,13+,14+,15+,16-,17-,18-,19-,20+,21-,22+,23+,24-,25+,26-/m1/s1. The van der Waals surface area contributed by atoms with E-state index in [1.807, 2.05) is 0 Å². The first kappa shape index (κ1) is 39.5. The van der Waals surface area contributed by atoms with Gasteiger partial charge in [0, 0.05) is 6.92 Å². The molecular formula is C26H45NO21. The molecule has 4 saturated heterocycles. The fraction of sp³-hybridized carbons (Fsp3) is 0.962. The summed E-state index contributed by atoms with van der Waals surface area (Å²) in [7, 11) is 0. The second-order valence-electron chi connectivity index (χ2n) is 11.9. The van der Waals surface area contributed by atoms with Crippen molar-refractivity contribution in [3.8, 4) is 0 Å². The lowest BCUT2D eigenvalue weighted by atomic mass is 9.95. The molecule has 4 fully saturated rings. The number of aliphatic hydroxyl groups is 13. The first-order valence-electron chi connectivity index (χ1n) is 15.1. The highest BCUT2D eigenvalue weighted by Gasteiger charge is 2.55. The molecule has 0 radical (unpaired) electrons. The SMILES string of the molecule is CC(=O)N[C@@H]1[C@@H](O[C@@H]2O[C@H](CO)[C@H](O[C@H]3O[C@H](CO)[C@H](O)[C@H](O[C@H]4O[C@H](CO)[C@H](O)[C@H](O)[C@H]4O)[C@H]3O)[C@H](O)[C@H]2O)[C@@H](O)[C@@H](CO)O[C@@H]1O. The molecule has 20 atom stereocenters. The Morgan fingerprint density at radius 1 is 0.500 bits per heavy atom. The molecule has 1 amide bonds. The Labute approximate surface area is 272 Å². The summed E-state index contributed by atoms with van der Waals surface area (Å²) in [5, 5.41) is 137. The molecule has 4 aliphatic rings. The summed E-state index contributed by atoms with van der Waals surface area (Å²) in [4.78, 5) is 11.7. The predicted octanol–water partition coefficient (Wildman–Crippen LogP) is -9.61. The molecule has 4 rings (SSSR count). The van der Waals surface area contributed by atoms with Crippen LogP contribution in [0.15, 0.2) is 0 Å². The van der Waals surface area contributed by atoms with Gasteiger partial charge in [-0.3, -0.25) is 4.79 Å². The molecule has 0 bridgehead atoms. The molecule has 0 spiro atoms. The van der Waals surface area contributed by atoms with Crippen LogP contribution < -0.4 is 5.32 Å². The lowest BCUT2D eigenvalue weighted by Crippen LogP contribution is -2.68. The van der Waals surface area contributed by atoms with E-state index in [9.17, 15) is 71.2 Å². The van der Waals surface area contributed by atoms with E-state index in [-0.39, 0.29) is 0 Å². The third-order valence-electron chi connectivity index (χ3n) is 8.61. The van der Waals surface area contributed by atoms with Crippen molar-refractivity contribution in [1.82, 2.24) is 5.32 Å². The first-order valence-corrected chi connectivity index (χ1v) is 15.1. The Morgan fingerprint density at radius 2 is 0.917 bits per heavy atom. The molecule has 22 nitrogen and oxygen atoms in total. The normalized spacial score (nSPS) is 50.2. The van der Waals surface area contributed by atoms with Crippen LogP contribution in [0.25, 0.3) is 0 Å². The van der Waals surface area contributed by atoms with E-state index in [0.29, 0.717) is 0 Å². The molecule has 0 aromatic rings. The molecule has 0 aromatic heterocycles. The fourth-order valence-corrected chi connectivity index (χ4v) is 5.94. The van der Waals surface area contributed by atoms with Crippen LogP contribution in [0.3, 0.4) is 0 Å². The zero-order valence-electron chi connectivity index (χ0n) is 25.5. The van der Waals surface area contributed by atoms with Crippen molar-refractivity contribution in [3.05, 3.63) is 0 Å². The number of ether oxygens (including phenoxy) is 7. The van der Waals surface area contributed by atoms with E-state index in [4.69, 9.17) is 33.2 Å². The van der Waals surface area contributed by atoms with Crippen LogP contribution in [0.2, 0.25) is 0 Å². The highest BCUT2D eigenvalue weighted by molar-refractivity contribution is 5.73. The highest BCUT2D eigenvalue weighted by Crippen LogP contribution is 2.34. The number of nitrogens with one attached hydrogen (secondary N) is 1. The Bertz CT molecular complexity index is 1030. The second-order valence-corrected chi connectivity index (χ2v) is 11.9. The quantitative estimate of drug-likeness (QED) is 0.0947. The molecular weight excluding hydrogens is 662 g/mol. The van der Waals surface area contributed by atoms with Gasteiger partial charge in [0.1, 0.15) is 97.6 Å². The van der Waals surface area contributed by atoms with Gasteiger partial charge in [-0.25, -0.2) is 0 Å². The topological polar surface area (TPSA) is 357 Å². The van der Waals surface area contributed by atoms with Gasteiger partial charge in [0.05, 0.1) is 26.4 Å². The minimum Gasteiger partial charge on any atom is -0.394 e. The van der Waals surface area contributed by atoms with E-state index in [0.717, 1.165) is 6.92 Å². The maximum atomic E-state index is 11.7. The van der Waals surface area contributed by atoms with Gasteiger partial charge in [-0.2, -0.15) is 0 Å². The van der Waals surface area contributed by atoms with Crippen molar-refractivity contribution in [2.24, 2.45) is 0 Å². The van der Waals surface area contributed by atoms with Crippen LogP contribution in [0.5, 0.6) is 0 Å². The third-order valence-corrected chi connectivity index (χ3v) is 8.61. The number of hydrogen-bond acceptors (Lipinski definition) is 21. The van der Waals surface area contributed by atoms with Gasteiger partial charge < -0.3 is 105 Å². The van der Waals surface area contributed by atoms with Crippen LogP contribution in [-0.4, -0.2) is 221 Å². The van der Waals surface area contributed by atoms with Crippen molar-refractivity contribution >= 4 is 5.91 Å². The van der Waals surface area contributed by atoms with Gasteiger partial charge in [0.2, 0.25) is 5.91 Å². The Morgan fingerprint density at radius 3 is 1.46 bits per heavy atom. The van der Waals surface area contributed by atoms with Crippen LogP contribution >= 0.6 is 0 Å². The molecule has 0 saturated carbocycles. The smallest absolute Gasteiger partial charge is 0.217 e. The molecule has 4 aliphatic heterocycles. The summed E-state index contributed by atoms with van der Waals surface area (Å²) in [5.41, 5.74) is 0. The minimum absolute atomic E-state index is 0.677. The van der Waals surface area contributed by atoms with Crippen LogP contribution in [0.1, 0.15) is 6.92 Å². The summed E-state index contributed by atoms with van der Waals surface area (Å²) >= 11 is 0. The lowest BCUT2D eigenvalue weighted by molar-refractivity contribution is -0.385. The average molecular weight is 708 g/mol. The van der Waals surface area contributed by atoms with E-state index >= 15 is 0 Å². The number of rotatable bonds is 11. The van der Waals surface area contributed by atoms with Crippen molar-refractivity contribution in [3.63, 3.8) is 0 Å². The zero-order chi connectivity index (χ0) is 35.6. The molecule has 22 heteroatoms. The second kappa shape index (κ2) is 16.8. The predicted molar refractivity (Wildman–Crippen MR) is 145 cm³/mol. The minimum atomic E-state index is -2.04. The Kier molecular flexibility index (Phi) is 13.8. The number of amides is 1. The zero-order valence-corrected chi connectivity index (χ0v) is 25.5. The highest BCUT2D eigenvalue weighted by atomic mass is 16.8. The van der Waals surface area contributed by atoms with Crippen molar-refractivity contribution in [2.45, 2.75) is 130 Å². The maximum absolute atomic E-state index is 11.7. The number of hydrogen-bond donors (Lipinski definition) is 14. The van der Waals surface area contributed by atoms with E-state index in [2.05, 4.69) is 5.32 Å². The van der Waals surface area contributed by atoms with Gasteiger partial charge in [-0.15, -0.1) is 0 Å². The molecule has 0 unspecified atom stereocenters. The summed E-state index contributed by atoms with van der Waals surface area (Å²) in [6.45, 7) is -2.33. The number of carbonyl (C=O) groups excluding carboxylic acids is 1. The summed E-state index contributed by atoms with van der Waals surface area (Å²) < 4.78 is 38.2. The average Bonchev–Trinajstić information content (AvgIpc) is 3.06. The van der Waals surface area contributed by atoms with E-state index in [1.165, 1.54) is 0 Å². The summed E-state index contributed by atoms with van der Waals surface area (Å²) in [6.07, 6.45) is -33.7. The molecule has 14 N–H and O–H groups in total. The largest absolute Gasteiger partial charge is 0.394 e. The van der Waals surface area contributed by atoms with Gasteiger partial charge in [-0.1, -0.05) is 0 Å². The van der Waals surface area contributed by atoms with Crippen LogP contribution in [0.4, 0.5) is 0 Å². The summed E-state index contributed by atoms with van der Waals surface area (Å²) in [5.74, 6) is -0.677. The van der Waals surface area contributed by atoms with E-state index in [1.54, 1.807) is 0 Å². The van der Waals surface area contributed by atoms with Crippen molar-refractivity contribution in [2.75, 3.05) is 26.4 Å². The van der Waals surface area contributed by atoms with Gasteiger partial charge in [0.15, 0.2) is 25.2 Å². The third kappa shape index (κ3) is 8.08. The molecule has 48 heavy (non-hydrogen) atoms. The lowest BCUT2D eigenvalue weighted by Gasteiger charge is -2.49. The van der Waals surface area contributed by atoms with Crippen LogP contribution in [0, 0.1) is 0 Å². The summed E-state index contributed by atoms with van der Waals surface area (Å²) in [6, 6.07) is -1.46. The van der Waals surface area contributed by atoms with Gasteiger partial charge in [0.25, 0.3) is 0 Å². The monoisotopic (exact) mass is 707 g/mol. The molecule has 4 heterocycles. The van der Waals surface area contributed by atoms with Crippen molar-refractivity contribution in [1.29, 1.82) is 0 Å². The molecule has 280 valence electrons. The van der Waals surface area contributed by atoms with Gasteiger partial charge in [-0.05, 0) is 0 Å². The Balaban J connectivity index is 1.50. The Hall–Kier alpha value is -1.33. The number of aliphatic hydroxyl groups excluding tert-OH is 13.